The third-order valence-corrected chi connectivity index (χ3v) is 2.75. The van der Waals surface area contributed by atoms with E-state index in [-0.39, 0.29) is 6.61 Å². The van der Waals surface area contributed by atoms with E-state index in [0.717, 1.165) is 13.1 Å². The van der Waals surface area contributed by atoms with Crippen molar-refractivity contribution < 1.29 is 9.84 Å². The van der Waals surface area contributed by atoms with Crippen LogP contribution < -0.4 is 15.5 Å². The van der Waals surface area contributed by atoms with Crippen molar-refractivity contribution >= 4 is 17.8 Å². The van der Waals surface area contributed by atoms with E-state index in [1.54, 1.807) is 14.2 Å². The second-order valence-corrected chi connectivity index (χ2v) is 4.19. The molecule has 1 aromatic rings. The van der Waals surface area contributed by atoms with Crippen LogP contribution in [0.5, 0.6) is 0 Å². The zero-order valence-electron chi connectivity index (χ0n) is 12.6. The summed E-state index contributed by atoms with van der Waals surface area (Å²) in [5.41, 5.74) is 0. The van der Waals surface area contributed by atoms with Gasteiger partial charge in [-0.05, 0) is 13.8 Å². The van der Waals surface area contributed by atoms with E-state index >= 15 is 0 Å². The fourth-order valence-corrected chi connectivity index (χ4v) is 1.66. The fourth-order valence-electron chi connectivity index (χ4n) is 1.66. The van der Waals surface area contributed by atoms with Crippen LogP contribution in [0.15, 0.2) is 0 Å². The minimum Gasteiger partial charge on any atom is -0.389 e. The molecule has 0 radical (unpaired) electrons. The Bertz CT molecular complexity index is 400. The molecule has 1 heterocycles. The summed E-state index contributed by atoms with van der Waals surface area (Å²) in [7, 11) is 3.30. The van der Waals surface area contributed by atoms with Crippen molar-refractivity contribution in [2.75, 3.05) is 55.9 Å². The minimum absolute atomic E-state index is 0.264. The van der Waals surface area contributed by atoms with Crippen LogP contribution in [0.3, 0.4) is 0 Å². The summed E-state index contributed by atoms with van der Waals surface area (Å²) in [5.74, 6) is 1.53. The molecule has 0 aliphatic heterocycles. The molecule has 0 saturated heterocycles. The molecule has 1 unspecified atom stereocenters. The van der Waals surface area contributed by atoms with Crippen LogP contribution in [-0.2, 0) is 4.74 Å². The quantitative estimate of drug-likeness (QED) is 0.591. The number of ether oxygens (including phenoxy) is 1. The molecule has 1 aromatic heterocycles. The molecule has 1 rings (SSSR count). The van der Waals surface area contributed by atoms with E-state index in [1.807, 2.05) is 18.7 Å². The molecular weight excluding hydrogens is 260 g/mol. The predicted octanol–water partition coefficient (Wildman–Crippen LogP) is 0.179. The molecule has 3 N–H and O–H groups in total. The van der Waals surface area contributed by atoms with Gasteiger partial charge in [0.1, 0.15) is 0 Å². The molecule has 0 aliphatic carbocycles. The number of methoxy groups -OCH3 is 1. The number of anilines is 3. The van der Waals surface area contributed by atoms with Gasteiger partial charge in [0.15, 0.2) is 0 Å². The van der Waals surface area contributed by atoms with Crippen LogP contribution >= 0.6 is 0 Å². The maximum Gasteiger partial charge on any atom is 0.231 e. The van der Waals surface area contributed by atoms with Crippen LogP contribution in [-0.4, -0.2) is 66.6 Å². The van der Waals surface area contributed by atoms with E-state index in [2.05, 4.69) is 25.6 Å². The second-order valence-electron chi connectivity index (χ2n) is 4.19. The number of aliphatic hydroxyl groups is 1. The number of hydrogen-bond donors (Lipinski definition) is 3. The van der Waals surface area contributed by atoms with Crippen molar-refractivity contribution in [3.8, 4) is 0 Å². The molecule has 0 bridgehead atoms. The molecule has 0 saturated carbocycles. The lowest BCUT2D eigenvalue weighted by atomic mass is 10.4. The summed E-state index contributed by atoms with van der Waals surface area (Å²) in [4.78, 5) is 14.9. The summed E-state index contributed by atoms with van der Waals surface area (Å²) < 4.78 is 4.87. The standard InChI is InChI=1S/C12H24N6O2/c1-5-18(6-2)12-16-10(13-3)15-11(17-12)14-7-9(19)8-20-4/h9,19H,5-8H2,1-4H3,(H2,13,14,15,16,17). The first-order valence-corrected chi connectivity index (χ1v) is 6.74. The Labute approximate surface area is 119 Å². The summed E-state index contributed by atoms with van der Waals surface area (Å²) in [6, 6.07) is 0. The number of hydrogen-bond acceptors (Lipinski definition) is 8. The van der Waals surface area contributed by atoms with Gasteiger partial charge in [-0.15, -0.1) is 0 Å². The summed E-state index contributed by atoms with van der Waals surface area (Å²) >= 11 is 0. The molecule has 0 aliphatic rings. The van der Waals surface area contributed by atoms with Crippen molar-refractivity contribution in [3.05, 3.63) is 0 Å². The number of nitrogens with zero attached hydrogens (tertiary/aromatic N) is 4. The minimum atomic E-state index is -0.605. The fraction of sp³-hybridized carbons (Fsp3) is 0.750. The molecule has 0 aromatic carbocycles. The normalized spacial score (nSPS) is 12.1. The lowest BCUT2D eigenvalue weighted by Crippen LogP contribution is -2.27. The predicted molar refractivity (Wildman–Crippen MR) is 79.3 cm³/mol. The first kappa shape index (κ1) is 16.4. The van der Waals surface area contributed by atoms with E-state index in [0.29, 0.717) is 24.4 Å². The van der Waals surface area contributed by atoms with Crippen molar-refractivity contribution in [1.29, 1.82) is 0 Å². The summed E-state index contributed by atoms with van der Waals surface area (Å²) in [6.45, 7) is 6.30. The highest BCUT2D eigenvalue weighted by atomic mass is 16.5. The molecule has 1 atom stereocenters. The first-order valence-electron chi connectivity index (χ1n) is 6.74. The van der Waals surface area contributed by atoms with Crippen LogP contribution in [0.25, 0.3) is 0 Å². The summed E-state index contributed by atoms with van der Waals surface area (Å²) in [5, 5.41) is 15.5. The number of aliphatic hydroxyl groups excluding tert-OH is 1. The largest absolute Gasteiger partial charge is 0.389 e. The van der Waals surface area contributed by atoms with Gasteiger partial charge in [0.05, 0.1) is 12.7 Å². The van der Waals surface area contributed by atoms with Gasteiger partial charge in [0.2, 0.25) is 17.8 Å². The third-order valence-electron chi connectivity index (χ3n) is 2.75. The van der Waals surface area contributed by atoms with E-state index in [1.165, 1.54) is 0 Å². The Hall–Kier alpha value is -1.67. The van der Waals surface area contributed by atoms with Crippen LogP contribution in [0.4, 0.5) is 17.8 Å². The SMILES string of the molecule is CCN(CC)c1nc(NC)nc(NCC(O)COC)n1. The van der Waals surface area contributed by atoms with Crippen molar-refractivity contribution in [2.24, 2.45) is 0 Å². The van der Waals surface area contributed by atoms with Gasteiger partial charge in [-0.25, -0.2) is 0 Å². The van der Waals surface area contributed by atoms with Gasteiger partial charge >= 0.3 is 0 Å². The van der Waals surface area contributed by atoms with E-state index in [4.69, 9.17) is 4.74 Å². The van der Waals surface area contributed by atoms with Crippen LogP contribution in [0.2, 0.25) is 0 Å². The average molecular weight is 284 g/mol. The highest BCUT2D eigenvalue weighted by molar-refractivity contribution is 5.43. The first-order chi connectivity index (χ1) is 9.64. The Kier molecular flexibility index (Phi) is 6.96. The Morgan fingerprint density at radius 2 is 1.85 bits per heavy atom. The average Bonchev–Trinajstić information content (AvgIpc) is 2.46. The second kappa shape index (κ2) is 8.49. The Morgan fingerprint density at radius 1 is 1.20 bits per heavy atom. The lowest BCUT2D eigenvalue weighted by molar-refractivity contribution is 0.0726. The third kappa shape index (κ3) is 4.78. The monoisotopic (exact) mass is 284 g/mol. The molecule has 0 fully saturated rings. The van der Waals surface area contributed by atoms with Crippen molar-refractivity contribution in [3.63, 3.8) is 0 Å². The van der Waals surface area contributed by atoms with Crippen molar-refractivity contribution in [2.45, 2.75) is 20.0 Å². The zero-order valence-corrected chi connectivity index (χ0v) is 12.6. The molecule has 20 heavy (non-hydrogen) atoms. The Balaban J connectivity index is 2.82. The Morgan fingerprint density at radius 3 is 2.40 bits per heavy atom. The molecular formula is C12H24N6O2. The summed E-state index contributed by atoms with van der Waals surface area (Å²) in [6.07, 6.45) is -0.605. The topological polar surface area (TPSA) is 95.4 Å². The van der Waals surface area contributed by atoms with Gasteiger partial charge in [0, 0.05) is 33.8 Å². The van der Waals surface area contributed by atoms with Gasteiger partial charge in [-0.2, -0.15) is 15.0 Å². The van der Waals surface area contributed by atoms with E-state index in [9.17, 15) is 5.11 Å². The van der Waals surface area contributed by atoms with E-state index < -0.39 is 6.10 Å². The highest BCUT2D eigenvalue weighted by Gasteiger charge is 2.11. The molecule has 8 nitrogen and oxygen atoms in total. The van der Waals surface area contributed by atoms with Crippen LogP contribution in [0.1, 0.15) is 13.8 Å². The van der Waals surface area contributed by atoms with Crippen LogP contribution in [0, 0.1) is 0 Å². The molecule has 0 spiro atoms. The highest BCUT2D eigenvalue weighted by Crippen LogP contribution is 2.13. The van der Waals surface area contributed by atoms with Gasteiger partial charge in [-0.3, -0.25) is 0 Å². The number of aromatic nitrogens is 3. The molecule has 0 amide bonds. The van der Waals surface area contributed by atoms with Crippen molar-refractivity contribution in [1.82, 2.24) is 15.0 Å². The molecule has 8 heteroatoms. The molecule has 114 valence electrons. The maximum atomic E-state index is 9.62. The van der Waals surface area contributed by atoms with Gasteiger partial charge in [-0.1, -0.05) is 0 Å². The smallest absolute Gasteiger partial charge is 0.231 e. The lowest BCUT2D eigenvalue weighted by Gasteiger charge is -2.19. The maximum absolute atomic E-state index is 9.62. The number of nitrogens with one attached hydrogen (secondary N) is 2. The van der Waals surface area contributed by atoms with Gasteiger partial charge < -0.3 is 25.4 Å². The van der Waals surface area contributed by atoms with Gasteiger partial charge in [0.25, 0.3) is 0 Å². The zero-order chi connectivity index (χ0) is 15.0. The number of rotatable bonds is 9.